The van der Waals surface area contributed by atoms with Crippen LogP contribution in [0.25, 0.3) is 12.2 Å². The molecule has 1 rings (SSSR count). The fraction of sp³-hybridized carbons (Fsp3) is 0.308. The standard InChI is InChI=1S/C11H14N2O2.C2H6/c1-4-8-9(5-7(2)15-3)13-11(12)6-10(8)14;1-2/h4-6H,1H2,2-3H3,(H3,12,13,14);1-2H3/b7-5+;. The molecule has 4 heteroatoms. The number of H-pyrrole nitrogens is 1. The number of hydrogen-bond acceptors (Lipinski definition) is 3. The molecule has 0 bridgehead atoms. The van der Waals surface area contributed by atoms with Gasteiger partial charge in [-0.2, -0.15) is 0 Å². The van der Waals surface area contributed by atoms with Crippen molar-refractivity contribution in [3.8, 4) is 0 Å². The van der Waals surface area contributed by atoms with Gasteiger partial charge < -0.3 is 15.5 Å². The highest BCUT2D eigenvalue weighted by Crippen LogP contribution is 2.10. The van der Waals surface area contributed by atoms with E-state index in [4.69, 9.17) is 10.5 Å². The molecule has 1 aromatic heterocycles. The number of aromatic amines is 1. The second-order valence-electron chi connectivity index (χ2n) is 3.08. The summed E-state index contributed by atoms with van der Waals surface area (Å²) in [5.74, 6) is 1.00. The van der Waals surface area contributed by atoms with E-state index in [9.17, 15) is 4.79 Å². The fourth-order valence-corrected chi connectivity index (χ4v) is 1.20. The minimum atomic E-state index is -0.156. The van der Waals surface area contributed by atoms with E-state index in [0.29, 0.717) is 22.8 Å². The molecule has 3 N–H and O–H groups in total. The molecule has 1 heterocycles. The SMILES string of the molecule is C=Cc1c(/C=C(\C)OC)[nH]c(N)cc1=O.CC. The Kier molecular flexibility index (Phi) is 6.48. The van der Waals surface area contributed by atoms with Crippen LogP contribution in [-0.2, 0) is 4.74 Å². The average Bonchev–Trinajstić information content (AvgIpc) is 2.31. The van der Waals surface area contributed by atoms with Crippen molar-refractivity contribution >= 4 is 18.0 Å². The molecule has 1 aromatic rings. The number of ether oxygens (including phenoxy) is 1. The van der Waals surface area contributed by atoms with Gasteiger partial charge in [0.25, 0.3) is 0 Å². The van der Waals surface area contributed by atoms with Crippen LogP contribution in [0.5, 0.6) is 0 Å². The first-order valence-electron chi connectivity index (χ1n) is 5.46. The summed E-state index contributed by atoms with van der Waals surface area (Å²) in [5.41, 5.74) is 6.48. The van der Waals surface area contributed by atoms with E-state index in [1.165, 1.54) is 12.1 Å². The number of hydrogen-bond donors (Lipinski definition) is 2. The first kappa shape index (κ1) is 15.0. The van der Waals surface area contributed by atoms with Gasteiger partial charge in [0.1, 0.15) is 5.82 Å². The molecule has 0 spiro atoms. The number of nitrogens with one attached hydrogen (secondary N) is 1. The summed E-state index contributed by atoms with van der Waals surface area (Å²) in [6.07, 6.45) is 3.20. The van der Waals surface area contributed by atoms with Crippen LogP contribution in [0.3, 0.4) is 0 Å². The lowest BCUT2D eigenvalue weighted by atomic mass is 10.1. The van der Waals surface area contributed by atoms with Crippen LogP contribution >= 0.6 is 0 Å². The van der Waals surface area contributed by atoms with E-state index in [-0.39, 0.29) is 5.43 Å². The molecule has 0 aliphatic rings. The van der Waals surface area contributed by atoms with Crippen LogP contribution in [0, 0.1) is 0 Å². The van der Waals surface area contributed by atoms with Crippen LogP contribution < -0.4 is 11.2 Å². The molecule has 0 aliphatic heterocycles. The molecule has 4 nitrogen and oxygen atoms in total. The molecule has 0 saturated heterocycles. The number of pyridine rings is 1. The highest BCUT2D eigenvalue weighted by molar-refractivity contribution is 5.63. The summed E-state index contributed by atoms with van der Waals surface area (Å²) in [5, 5.41) is 0. The van der Waals surface area contributed by atoms with Crippen molar-refractivity contribution in [2.24, 2.45) is 0 Å². The quantitative estimate of drug-likeness (QED) is 0.793. The Morgan fingerprint density at radius 2 is 2.12 bits per heavy atom. The molecule has 94 valence electrons. The van der Waals surface area contributed by atoms with Crippen LogP contribution in [0.2, 0.25) is 0 Å². The summed E-state index contributed by atoms with van der Waals surface area (Å²) in [7, 11) is 1.56. The number of rotatable bonds is 3. The van der Waals surface area contributed by atoms with Crippen molar-refractivity contribution < 1.29 is 4.74 Å². The lowest BCUT2D eigenvalue weighted by Crippen LogP contribution is -2.10. The number of nitrogens with two attached hydrogens (primary N) is 1. The Labute approximate surface area is 102 Å². The van der Waals surface area contributed by atoms with E-state index in [1.807, 2.05) is 13.8 Å². The number of aromatic nitrogens is 1. The van der Waals surface area contributed by atoms with Crippen LogP contribution in [0.4, 0.5) is 5.82 Å². The van der Waals surface area contributed by atoms with Gasteiger partial charge in [-0.05, 0) is 13.0 Å². The van der Waals surface area contributed by atoms with Crippen molar-refractivity contribution in [2.75, 3.05) is 12.8 Å². The minimum Gasteiger partial charge on any atom is -0.501 e. The molecule has 0 aliphatic carbocycles. The average molecular weight is 236 g/mol. The van der Waals surface area contributed by atoms with Gasteiger partial charge in [0.15, 0.2) is 5.43 Å². The van der Waals surface area contributed by atoms with Crippen molar-refractivity contribution in [1.29, 1.82) is 0 Å². The zero-order valence-corrected chi connectivity index (χ0v) is 10.8. The third kappa shape index (κ3) is 4.18. The molecule has 0 unspecified atom stereocenters. The van der Waals surface area contributed by atoms with Gasteiger partial charge in [-0.1, -0.05) is 26.5 Å². The largest absolute Gasteiger partial charge is 0.501 e. The first-order valence-corrected chi connectivity index (χ1v) is 5.46. The van der Waals surface area contributed by atoms with E-state index in [2.05, 4.69) is 11.6 Å². The normalized spacial score (nSPS) is 10.2. The molecule has 0 amide bonds. The van der Waals surface area contributed by atoms with Crippen LogP contribution in [0.1, 0.15) is 32.0 Å². The molecule has 0 atom stereocenters. The zero-order valence-electron chi connectivity index (χ0n) is 10.8. The Morgan fingerprint density at radius 3 is 2.59 bits per heavy atom. The molecule has 0 radical (unpaired) electrons. The molecule has 17 heavy (non-hydrogen) atoms. The zero-order chi connectivity index (χ0) is 13.4. The van der Waals surface area contributed by atoms with Gasteiger partial charge in [0.2, 0.25) is 0 Å². The van der Waals surface area contributed by atoms with Gasteiger partial charge in [-0.3, -0.25) is 4.79 Å². The highest BCUT2D eigenvalue weighted by Gasteiger charge is 2.03. The third-order valence-electron chi connectivity index (χ3n) is 1.99. The second-order valence-corrected chi connectivity index (χ2v) is 3.08. The summed E-state index contributed by atoms with van der Waals surface area (Å²) in [6.45, 7) is 9.37. The summed E-state index contributed by atoms with van der Waals surface area (Å²) in [4.78, 5) is 14.4. The predicted molar refractivity (Wildman–Crippen MR) is 73.6 cm³/mol. The number of methoxy groups -OCH3 is 1. The first-order chi connectivity index (χ1) is 8.08. The molecule has 0 aromatic carbocycles. The van der Waals surface area contributed by atoms with Gasteiger partial charge in [0, 0.05) is 11.6 Å². The number of allylic oxidation sites excluding steroid dienone is 1. The molecule has 0 fully saturated rings. The molecular weight excluding hydrogens is 216 g/mol. The van der Waals surface area contributed by atoms with Crippen LogP contribution in [-0.4, -0.2) is 12.1 Å². The van der Waals surface area contributed by atoms with Gasteiger partial charge >= 0.3 is 0 Å². The van der Waals surface area contributed by atoms with Crippen molar-refractivity contribution in [1.82, 2.24) is 4.98 Å². The Bertz CT molecular complexity index is 459. The third-order valence-corrected chi connectivity index (χ3v) is 1.99. The molecular formula is C13H20N2O2. The maximum atomic E-state index is 11.5. The van der Waals surface area contributed by atoms with Gasteiger partial charge in [-0.15, -0.1) is 0 Å². The lowest BCUT2D eigenvalue weighted by Gasteiger charge is -2.04. The Morgan fingerprint density at radius 1 is 1.53 bits per heavy atom. The summed E-state index contributed by atoms with van der Waals surface area (Å²) in [6, 6.07) is 1.33. The predicted octanol–water partition coefficient (Wildman–Crippen LogP) is 2.63. The minimum absolute atomic E-state index is 0.156. The maximum Gasteiger partial charge on any atom is 0.191 e. The maximum absolute atomic E-state index is 11.5. The topological polar surface area (TPSA) is 68.1 Å². The lowest BCUT2D eigenvalue weighted by molar-refractivity contribution is 0.297. The van der Waals surface area contributed by atoms with Gasteiger partial charge in [0.05, 0.1) is 18.6 Å². The summed E-state index contributed by atoms with van der Waals surface area (Å²) < 4.78 is 5.00. The van der Waals surface area contributed by atoms with E-state index >= 15 is 0 Å². The summed E-state index contributed by atoms with van der Waals surface area (Å²) >= 11 is 0. The van der Waals surface area contributed by atoms with E-state index in [1.54, 1.807) is 20.1 Å². The van der Waals surface area contributed by atoms with Crippen molar-refractivity contribution in [3.63, 3.8) is 0 Å². The van der Waals surface area contributed by atoms with E-state index < -0.39 is 0 Å². The monoisotopic (exact) mass is 236 g/mol. The van der Waals surface area contributed by atoms with Gasteiger partial charge in [-0.25, -0.2) is 0 Å². The Balaban J connectivity index is 0.00000121. The van der Waals surface area contributed by atoms with Crippen molar-refractivity contribution in [2.45, 2.75) is 20.8 Å². The highest BCUT2D eigenvalue weighted by atomic mass is 16.5. The van der Waals surface area contributed by atoms with Crippen LogP contribution in [0.15, 0.2) is 23.2 Å². The fourth-order valence-electron chi connectivity index (χ4n) is 1.20. The number of nitrogen functional groups attached to an aromatic ring is 1. The van der Waals surface area contributed by atoms with Crippen molar-refractivity contribution in [3.05, 3.63) is 39.9 Å². The molecule has 0 saturated carbocycles. The Hall–Kier alpha value is -1.97. The smallest absolute Gasteiger partial charge is 0.191 e. The van der Waals surface area contributed by atoms with E-state index in [0.717, 1.165) is 0 Å². The number of anilines is 1. The second kappa shape index (κ2) is 7.33.